The summed E-state index contributed by atoms with van der Waals surface area (Å²) in [5.74, 6) is 2.02. The maximum absolute atomic E-state index is 10.4. The minimum absolute atomic E-state index is 0.228. The van der Waals surface area contributed by atoms with E-state index < -0.39 is 6.10 Å². The summed E-state index contributed by atoms with van der Waals surface area (Å²) in [6.45, 7) is 5.23. The number of para-hydroxylation sites is 2. The molecule has 1 saturated heterocycles. The topological polar surface area (TPSA) is 72.6 Å². The summed E-state index contributed by atoms with van der Waals surface area (Å²) in [4.78, 5) is 2.20. The maximum Gasteiger partial charge on any atom is 0.232 e. The Bertz CT molecular complexity index is 945. The van der Waals surface area contributed by atoms with Crippen LogP contribution in [0.25, 0.3) is 5.69 Å². The number of aliphatic hydroxyl groups is 1. The number of rotatable bonds is 8. The molecular formula is C22H26N4O3S. The Labute approximate surface area is 180 Å². The molecule has 3 aromatic rings. The number of aliphatic hydroxyl groups excluding tert-OH is 1. The summed E-state index contributed by atoms with van der Waals surface area (Å²) >= 11 is 1.48. The molecule has 0 unspecified atom stereocenters. The summed E-state index contributed by atoms with van der Waals surface area (Å²) in [7, 11) is 0. The first kappa shape index (κ1) is 20.7. The number of benzene rings is 2. The zero-order valence-electron chi connectivity index (χ0n) is 17.0. The van der Waals surface area contributed by atoms with Gasteiger partial charge in [0.2, 0.25) is 5.95 Å². The van der Waals surface area contributed by atoms with E-state index in [9.17, 15) is 5.11 Å². The molecule has 1 atom stereocenters. The highest BCUT2D eigenvalue weighted by atomic mass is 32.2. The van der Waals surface area contributed by atoms with E-state index >= 15 is 0 Å². The molecule has 0 amide bonds. The normalized spacial score (nSPS) is 15.2. The van der Waals surface area contributed by atoms with E-state index in [4.69, 9.17) is 9.47 Å². The van der Waals surface area contributed by atoms with E-state index in [1.165, 1.54) is 11.8 Å². The van der Waals surface area contributed by atoms with Gasteiger partial charge in [-0.15, -0.1) is 10.2 Å². The largest absolute Gasteiger partial charge is 0.491 e. The van der Waals surface area contributed by atoms with E-state index in [0.717, 1.165) is 41.2 Å². The third kappa shape index (κ3) is 4.95. The van der Waals surface area contributed by atoms with Crippen molar-refractivity contribution < 1.29 is 14.6 Å². The Morgan fingerprint density at radius 2 is 1.80 bits per heavy atom. The number of hydrogen-bond donors (Lipinski definition) is 1. The minimum atomic E-state index is -0.621. The van der Waals surface area contributed by atoms with E-state index in [1.54, 1.807) is 0 Å². The third-order valence-electron chi connectivity index (χ3n) is 4.86. The number of hydrogen-bond acceptors (Lipinski definition) is 7. The zero-order chi connectivity index (χ0) is 20.8. The first-order valence-corrected chi connectivity index (χ1v) is 11.0. The summed E-state index contributed by atoms with van der Waals surface area (Å²) in [5, 5.41) is 20.1. The van der Waals surface area contributed by atoms with Gasteiger partial charge in [-0.1, -0.05) is 48.2 Å². The van der Waals surface area contributed by atoms with E-state index in [2.05, 4.69) is 38.7 Å². The molecule has 4 rings (SSSR count). The van der Waals surface area contributed by atoms with Crippen molar-refractivity contribution in [2.75, 3.05) is 43.6 Å². The van der Waals surface area contributed by atoms with Crippen LogP contribution < -0.4 is 9.64 Å². The van der Waals surface area contributed by atoms with Crippen LogP contribution in [0.2, 0.25) is 0 Å². The molecule has 158 valence electrons. The molecule has 2 aromatic carbocycles. The Kier molecular flexibility index (Phi) is 6.88. The molecule has 1 N–H and O–H groups in total. The van der Waals surface area contributed by atoms with Gasteiger partial charge in [0, 0.05) is 18.8 Å². The lowest BCUT2D eigenvalue weighted by Crippen LogP contribution is -2.38. The molecule has 0 aliphatic carbocycles. The van der Waals surface area contributed by atoms with E-state index in [1.807, 2.05) is 42.5 Å². The molecule has 30 heavy (non-hydrogen) atoms. The molecule has 0 saturated carbocycles. The van der Waals surface area contributed by atoms with Crippen LogP contribution in [-0.4, -0.2) is 64.6 Å². The summed E-state index contributed by atoms with van der Waals surface area (Å²) < 4.78 is 13.2. The molecule has 0 bridgehead atoms. The number of nitrogens with zero attached hydrogens (tertiary/aromatic N) is 4. The van der Waals surface area contributed by atoms with Crippen LogP contribution in [-0.2, 0) is 4.74 Å². The number of ether oxygens (including phenoxy) is 2. The Balaban J connectivity index is 1.49. The predicted molar refractivity (Wildman–Crippen MR) is 118 cm³/mol. The van der Waals surface area contributed by atoms with Gasteiger partial charge in [0.15, 0.2) is 5.16 Å². The highest BCUT2D eigenvalue weighted by molar-refractivity contribution is 7.99. The molecular weight excluding hydrogens is 400 g/mol. The fourth-order valence-electron chi connectivity index (χ4n) is 3.28. The molecule has 1 aliphatic rings. The SMILES string of the molecule is Cc1ccccc1-n1c(SC[C@H](O)COc2ccccc2)nnc1N1CCOCC1. The second-order valence-corrected chi connectivity index (χ2v) is 8.08. The molecule has 0 spiro atoms. The average Bonchev–Trinajstić information content (AvgIpc) is 3.21. The monoisotopic (exact) mass is 426 g/mol. The smallest absolute Gasteiger partial charge is 0.232 e. The van der Waals surface area contributed by atoms with Gasteiger partial charge < -0.3 is 19.5 Å². The summed E-state index contributed by atoms with van der Waals surface area (Å²) in [5.41, 5.74) is 2.18. The van der Waals surface area contributed by atoms with Crippen LogP contribution >= 0.6 is 11.8 Å². The third-order valence-corrected chi connectivity index (χ3v) is 5.93. The number of morpholine rings is 1. The van der Waals surface area contributed by atoms with Crippen LogP contribution in [0.5, 0.6) is 5.75 Å². The minimum Gasteiger partial charge on any atom is -0.491 e. The molecule has 8 heteroatoms. The average molecular weight is 427 g/mol. The first-order valence-electron chi connectivity index (χ1n) is 10.0. The number of anilines is 1. The standard InChI is InChI=1S/C22H26N4O3S/c1-17-7-5-6-10-20(17)26-21(25-11-13-28-14-12-25)23-24-22(26)30-16-18(27)15-29-19-8-3-2-4-9-19/h2-10,18,27H,11-16H2,1H3/t18-/m1/s1. The van der Waals surface area contributed by atoms with Crippen molar-refractivity contribution in [3.8, 4) is 11.4 Å². The van der Waals surface area contributed by atoms with Gasteiger partial charge in [-0.2, -0.15) is 0 Å². The lowest BCUT2D eigenvalue weighted by Gasteiger charge is -2.28. The second kappa shape index (κ2) is 9.97. The van der Waals surface area contributed by atoms with Crippen molar-refractivity contribution in [2.45, 2.75) is 18.2 Å². The Hall–Kier alpha value is -2.55. The molecule has 1 aliphatic heterocycles. The van der Waals surface area contributed by atoms with Crippen molar-refractivity contribution in [1.29, 1.82) is 0 Å². The van der Waals surface area contributed by atoms with Gasteiger partial charge in [-0.25, -0.2) is 0 Å². The summed E-state index contributed by atoms with van der Waals surface area (Å²) in [6, 6.07) is 17.7. The predicted octanol–water partition coefficient (Wildman–Crippen LogP) is 2.94. The van der Waals surface area contributed by atoms with Gasteiger partial charge in [0.1, 0.15) is 12.4 Å². The van der Waals surface area contributed by atoms with Crippen molar-refractivity contribution in [1.82, 2.24) is 14.8 Å². The number of thioether (sulfide) groups is 1. The van der Waals surface area contributed by atoms with Gasteiger partial charge in [-0.3, -0.25) is 4.57 Å². The van der Waals surface area contributed by atoms with Gasteiger partial charge in [-0.05, 0) is 30.7 Å². The fraction of sp³-hybridized carbons (Fsp3) is 0.364. The van der Waals surface area contributed by atoms with Gasteiger partial charge >= 0.3 is 0 Å². The Morgan fingerprint density at radius 1 is 1.07 bits per heavy atom. The van der Waals surface area contributed by atoms with Crippen molar-refractivity contribution >= 4 is 17.7 Å². The highest BCUT2D eigenvalue weighted by Gasteiger charge is 2.23. The lowest BCUT2D eigenvalue weighted by molar-refractivity contribution is 0.122. The van der Waals surface area contributed by atoms with Crippen molar-refractivity contribution in [2.24, 2.45) is 0 Å². The van der Waals surface area contributed by atoms with Crippen LogP contribution in [0.4, 0.5) is 5.95 Å². The molecule has 2 heterocycles. The van der Waals surface area contributed by atoms with Gasteiger partial charge in [0.25, 0.3) is 0 Å². The Morgan fingerprint density at radius 3 is 2.57 bits per heavy atom. The molecule has 1 fully saturated rings. The number of aryl methyl sites for hydroxylation is 1. The van der Waals surface area contributed by atoms with Crippen LogP contribution in [0, 0.1) is 6.92 Å². The van der Waals surface area contributed by atoms with Gasteiger partial charge in [0.05, 0.1) is 25.0 Å². The lowest BCUT2D eigenvalue weighted by atomic mass is 10.2. The van der Waals surface area contributed by atoms with Crippen LogP contribution in [0.1, 0.15) is 5.56 Å². The van der Waals surface area contributed by atoms with E-state index in [0.29, 0.717) is 19.0 Å². The van der Waals surface area contributed by atoms with Crippen molar-refractivity contribution in [3.05, 3.63) is 60.2 Å². The maximum atomic E-state index is 10.4. The highest BCUT2D eigenvalue weighted by Crippen LogP contribution is 2.29. The number of aromatic nitrogens is 3. The fourth-order valence-corrected chi connectivity index (χ4v) is 4.12. The second-order valence-electron chi connectivity index (χ2n) is 7.09. The van der Waals surface area contributed by atoms with E-state index in [-0.39, 0.29) is 6.61 Å². The zero-order valence-corrected chi connectivity index (χ0v) is 17.8. The van der Waals surface area contributed by atoms with Crippen LogP contribution in [0.3, 0.4) is 0 Å². The molecule has 7 nitrogen and oxygen atoms in total. The summed E-state index contributed by atoms with van der Waals surface area (Å²) in [6.07, 6.45) is -0.621. The first-order chi connectivity index (χ1) is 14.7. The van der Waals surface area contributed by atoms with Crippen molar-refractivity contribution in [3.63, 3.8) is 0 Å². The van der Waals surface area contributed by atoms with Crippen LogP contribution in [0.15, 0.2) is 59.8 Å². The molecule has 1 aromatic heterocycles. The molecule has 0 radical (unpaired) electrons. The quantitative estimate of drug-likeness (QED) is 0.555.